The van der Waals surface area contributed by atoms with Crippen LogP contribution < -0.4 is 11.1 Å². The molecule has 0 aliphatic carbocycles. The molecule has 15 heavy (non-hydrogen) atoms. The third-order valence-electron chi connectivity index (χ3n) is 2.04. The van der Waals surface area contributed by atoms with E-state index in [1.54, 1.807) is 5.51 Å². The maximum absolute atomic E-state index is 5.56. The molecule has 0 radical (unpaired) electrons. The number of thiazole rings is 1. The lowest BCUT2D eigenvalue weighted by Crippen LogP contribution is -2.25. The van der Waals surface area contributed by atoms with Crippen LogP contribution in [-0.2, 0) is 0 Å². The molecule has 2 aromatic rings. The van der Waals surface area contributed by atoms with E-state index in [-0.39, 0.29) is 6.04 Å². The van der Waals surface area contributed by atoms with Crippen molar-refractivity contribution in [2.45, 2.75) is 19.9 Å². The van der Waals surface area contributed by atoms with Crippen molar-refractivity contribution in [1.82, 2.24) is 15.0 Å². The van der Waals surface area contributed by atoms with Crippen molar-refractivity contribution in [3.05, 3.63) is 11.3 Å². The molecule has 1 atom stereocenters. The Morgan fingerprint density at radius 2 is 2.33 bits per heavy atom. The molecular formula is C9H13N5S. The van der Waals surface area contributed by atoms with E-state index in [0.29, 0.717) is 6.54 Å². The van der Waals surface area contributed by atoms with Crippen molar-refractivity contribution in [2.24, 2.45) is 5.73 Å². The molecule has 2 rings (SSSR count). The van der Waals surface area contributed by atoms with Crippen molar-refractivity contribution in [3.8, 4) is 0 Å². The molecule has 0 saturated heterocycles. The molecule has 0 bridgehead atoms. The first kappa shape index (κ1) is 10.3. The Labute approximate surface area is 91.8 Å². The van der Waals surface area contributed by atoms with Gasteiger partial charge in [-0.3, -0.25) is 0 Å². The van der Waals surface area contributed by atoms with Gasteiger partial charge in [0, 0.05) is 12.6 Å². The Morgan fingerprint density at radius 3 is 3.07 bits per heavy atom. The van der Waals surface area contributed by atoms with Gasteiger partial charge in [-0.2, -0.15) is 0 Å². The van der Waals surface area contributed by atoms with Gasteiger partial charge in [-0.15, -0.1) is 11.3 Å². The monoisotopic (exact) mass is 223 g/mol. The van der Waals surface area contributed by atoms with Crippen LogP contribution in [0.2, 0.25) is 0 Å². The number of anilines is 1. The molecule has 6 heteroatoms. The van der Waals surface area contributed by atoms with E-state index in [9.17, 15) is 0 Å². The van der Waals surface area contributed by atoms with Gasteiger partial charge in [-0.25, -0.2) is 15.0 Å². The van der Waals surface area contributed by atoms with Crippen LogP contribution in [0.4, 0.5) is 5.82 Å². The van der Waals surface area contributed by atoms with Gasteiger partial charge < -0.3 is 11.1 Å². The Hall–Kier alpha value is -1.27. The molecule has 0 fully saturated rings. The number of nitrogens with one attached hydrogen (secondary N) is 1. The van der Waals surface area contributed by atoms with Crippen LogP contribution in [0.25, 0.3) is 10.3 Å². The first-order valence-electron chi connectivity index (χ1n) is 4.75. The average molecular weight is 223 g/mol. The molecule has 3 N–H and O–H groups in total. The van der Waals surface area contributed by atoms with E-state index in [4.69, 9.17) is 5.73 Å². The summed E-state index contributed by atoms with van der Waals surface area (Å²) in [4.78, 5) is 12.8. The second-order valence-electron chi connectivity index (χ2n) is 3.41. The van der Waals surface area contributed by atoms with Crippen molar-refractivity contribution in [3.63, 3.8) is 0 Å². The summed E-state index contributed by atoms with van der Waals surface area (Å²) < 4.78 is 0.987. The molecule has 2 heterocycles. The van der Waals surface area contributed by atoms with Gasteiger partial charge in [0.05, 0.1) is 5.51 Å². The minimum absolute atomic E-state index is 0.199. The third kappa shape index (κ3) is 2.05. The van der Waals surface area contributed by atoms with Crippen LogP contribution in [0.15, 0.2) is 5.51 Å². The highest BCUT2D eigenvalue weighted by Crippen LogP contribution is 2.23. The Bertz CT molecular complexity index is 466. The van der Waals surface area contributed by atoms with Gasteiger partial charge in [-0.05, 0) is 13.8 Å². The third-order valence-corrected chi connectivity index (χ3v) is 2.86. The van der Waals surface area contributed by atoms with Gasteiger partial charge in [-0.1, -0.05) is 0 Å². The van der Waals surface area contributed by atoms with Gasteiger partial charge in [0.2, 0.25) is 0 Å². The number of nitrogens with zero attached hydrogens (tertiary/aromatic N) is 3. The lowest BCUT2D eigenvalue weighted by atomic mass is 10.3. The van der Waals surface area contributed by atoms with Gasteiger partial charge in [0.25, 0.3) is 0 Å². The van der Waals surface area contributed by atoms with E-state index in [2.05, 4.69) is 20.3 Å². The fourth-order valence-electron chi connectivity index (χ4n) is 1.26. The van der Waals surface area contributed by atoms with Crippen molar-refractivity contribution >= 4 is 27.5 Å². The van der Waals surface area contributed by atoms with Crippen molar-refractivity contribution in [1.29, 1.82) is 0 Å². The second-order valence-corrected chi connectivity index (χ2v) is 4.26. The maximum Gasteiger partial charge on any atom is 0.175 e. The molecule has 0 aliphatic rings. The molecule has 0 saturated carbocycles. The molecular weight excluding hydrogens is 210 g/mol. The highest BCUT2D eigenvalue weighted by molar-refractivity contribution is 7.17. The lowest BCUT2D eigenvalue weighted by Gasteiger charge is -2.12. The predicted octanol–water partition coefficient (Wildman–Crippen LogP) is 1.15. The van der Waals surface area contributed by atoms with Crippen LogP contribution in [-0.4, -0.2) is 27.5 Å². The Kier molecular flexibility index (Phi) is 2.79. The highest BCUT2D eigenvalue weighted by atomic mass is 32.1. The topological polar surface area (TPSA) is 76.7 Å². The molecule has 80 valence electrons. The number of rotatable bonds is 3. The zero-order chi connectivity index (χ0) is 10.8. The van der Waals surface area contributed by atoms with E-state index in [0.717, 1.165) is 22.0 Å². The molecule has 0 aliphatic heterocycles. The summed E-state index contributed by atoms with van der Waals surface area (Å²) in [5.41, 5.74) is 8.08. The standard InChI is InChI=1S/C9H13N5S/c1-5(3-10)12-9-7-8(11-4-15-7)13-6(2)14-9/h4-5H,3,10H2,1-2H3,(H,12,13,14). The summed E-state index contributed by atoms with van der Waals surface area (Å²) in [5.74, 6) is 1.55. The largest absolute Gasteiger partial charge is 0.365 e. The summed E-state index contributed by atoms with van der Waals surface area (Å²) in [6, 6.07) is 0.199. The second kappa shape index (κ2) is 4.08. The molecule has 0 spiro atoms. The van der Waals surface area contributed by atoms with E-state index in [1.807, 2.05) is 13.8 Å². The first-order chi connectivity index (χ1) is 7.20. The average Bonchev–Trinajstić information content (AvgIpc) is 2.65. The van der Waals surface area contributed by atoms with Gasteiger partial charge >= 0.3 is 0 Å². The minimum Gasteiger partial charge on any atom is -0.365 e. The number of aromatic nitrogens is 3. The number of nitrogens with two attached hydrogens (primary N) is 1. The molecule has 0 aromatic carbocycles. The smallest absolute Gasteiger partial charge is 0.175 e. The molecule has 5 nitrogen and oxygen atoms in total. The number of hydrogen-bond donors (Lipinski definition) is 2. The minimum atomic E-state index is 0.199. The maximum atomic E-state index is 5.56. The lowest BCUT2D eigenvalue weighted by molar-refractivity contribution is 0.798. The zero-order valence-electron chi connectivity index (χ0n) is 8.69. The predicted molar refractivity (Wildman–Crippen MR) is 62.1 cm³/mol. The summed E-state index contributed by atoms with van der Waals surface area (Å²) in [6.07, 6.45) is 0. The Balaban J connectivity index is 2.44. The SMILES string of the molecule is Cc1nc(NC(C)CN)c2scnc2n1. The van der Waals surface area contributed by atoms with Crippen LogP contribution in [0, 0.1) is 6.92 Å². The fraction of sp³-hybridized carbons (Fsp3) is 0.444. The number of fused-ring (bicyclic) bond motifs is 1. The van der Waals surface area contributed by atoms with Crippen LogP contribution in [0.3, 0.4) is 0 Å². The molecule has 1 unspecified atom stereocenters. The van der Waals surface area contributed by atoms with Crippen LogP contribution >= 0.6 is 11.3 Å². The van der Waals surface area contributed by atoms with Crippen LogP contribution in [0.1, 0.15) is 12.7 Å². The summed E-state index contributed by atoms with van der Waals surface area (Å²) in [7, 11) is 0. The zero-order valence-corrected chi connectivity index (χ0v) is 9.51. The first-order valence-corrected chi connectivity index (χ1v) is 5.63. The summed E-state index contributed by atoms with van der Waals surface area (Å²) in [6.45, 7) is 4.45. The molecule has 2 aromatic heterocycles. The number of hydrogen-bond acceptors (Lipinski definition) is 6. The van der Waals surface area contributed by atoms with Crippen molar-refractivity contribution in [2.75, 3.05) is 11.9 Å². The summed E-state index contributed by atoms with van der Waals surface area (Å²) in [5, 5.41) is 3.26. The quantitative estimate of drug-likeness (QED) is 0.816. The van der Waals surface area contributed by atoms with E-state index < -0.39 is 0 Å². The highest BCUT2D eigenvalue weighted by Gasteiger charge is 2.09. The van der Waals surface area contributed by atoms with E-state index in [1.165, 1.54) is 11.3 Å². The Morgan fingerprint density at radius 1 is 1.53 bits per heavy atom. The van der Waals surface area contributed by atoms with Crippen molar-refractivity contribution < 1.29 is 0 Å². The van der Waals surface area contributed by atoms with E-state index >= 15 is 0 Å². The van der Waals surface area contributed by atoms with Gasteiger partial charge in [0.15, 0.2) is 5.65 Å². The fourth-order valence-corrected chi connectivity index (χ4v) is 1.94. The van der Waals surface area contributed by atoms with Crippen LogP contribution in [0.5, 0.6) is 0 Å². The normalized spacial score (nSPS) is 13.0. The number of aryl methyl sites for hydroxylation is 1. The summed E-state index contributed by atoms with van der Waals surface area (Å²) >= 11 is 1.54. The molecule has 0 amide bonds. The van der Waals surface area contributed by atoms with Gasteiger partial charge in [0.1, 0.15) is 16.3 Å².